The highest BCUT2D eigenvalue weighted by molar-refractivity contribution is 14.1. The van der Waals surface area contributed by atoms with E-state index in [0.717, 1.165) is 21.6 Å². The van der Waals surface area contributed by atoms with Gasteiger partial charge in [-0.2, -0.15) is 17.6 Å². The molecule has 7 nitrogen and oxygen atoms in total. The summed E-state index contributed by atoms with van der Waals surface area (Å²) in [7, 11) is 0. The molecule has 1 fully saturated rings. The van der Waals surface area contributed by atoms with Gasteiger partial charge in [0, 0.05) is 22.2 Å². The Morgan fingerprint density at radius 1 is 1.07 bits per heavy atom. The summed E-state index contributed by atoms with van der Waals surface area (Å²) in [6.45, 7) is 1.93. The van der Waals surface area contributed by atoms with Gasteiger partial charge < -0.3 is 20.1 Å². The molecule has 1 aliphatic rings. The van der Waals surface area contributed by atoms with Gasteiger partial charge >= 0.3 is 24.5 Å². The number of esters is 1. The quantitative estimate of drug-likeness (QED) is 0.137. The monoisotopic (exact) mass is 699 g/mol. The standard InChI is InChI=1S/C30H30F4IN3O4/c1-2-41-26(39)23-12-7-13-24(23)37-28(40)38-29(17-19-8-4-3-5-9-19,25-15-14-21(35)18-36-25)20-10-6-11-22(16-20)42-30(33,34)27(31)32/h3-6,8-11,14-16,18,23-24,27H,2,7,12-13,17H2,1H3,(H2,37,38,40)/t23-,24+,29-/m0/s1. The minimum atomic E-state index is -4.72. The summed E-state index contributed by atoms with van der Waals surface area (Å²) in [5, 5.41) is 5.90. The number of rotatable bonds is 11. The van der Waals surface area contributed by atoms with Crippen LogP contribution in [0.25, 0.3) is 0 Å². The lowest BCUT2D eigenvalue weighted by atomic mass is 9.80. The Hall–Kier alpha value is -3.42. The minimum Gasteiger partial charge on any atom is -0.466 e. The van der Waals surface area contributed by atoms with Crippen LogP contribution in [0.2, 0.25) is 0 Å². The lowest BCUT2D eigenvalue weighted by Crippen LogP contribution is -2.55. The molecule has 224 valence electrons. The van der Waals surface area contributed by atoms with Gasteiger partial charge in [0.25, 0.3) is 0 Å². The fraction of sp³-hybridized carbons (Fsp3) is 0.367. The van der Waals surface area contributed by atoms with Gasteiger partial charge in [-0.25, -0.2) is 4.79 Å². The number of urea groups is 1. The van der Waals surface area contributed by atoms with Gasteiger partial charge in [0.2, 0.25) is 0 Å². The van der Waals surface area contributed by atoms with Crippen molar-refractivity contribution in [3.05, 3.63) is 93.3 Å². The van der Waals surface area contributed by atoms with E-state index in [1.807, 2.05) is 30.3 Å². The van der Waals surface area contributed by atoms with Crippen molar-refractivity contribution < 1.29 is 36.6 Å². The van der Waals surface area contributed by atoms with Crippen LogP contribution >= 0.6 is 22.6 Å². The summed E-state index contributed by atoms with van der Waals surface area (Å²) in [6, 6.07) is 16.8. The van der Waals surface area contributed by atoms with E-state index < -0.39 is 41.8 Å². The molecule has 0 radical (unpaired) electrons. The zero-order valence-corrected chi connectivity index (χ0v) is 24.8. The Kier molecular flexibility index (Phi) is 10.3. The molecule has 0 bridgehead atoms. The molecule has 2 aromatic carbocycles. The maximum atomic E-state index is 13.9. The number of aromatic nitrogens is 1. The first kappa shape index (κ1) is 31.5. The lowest BCUT2D eigenvalue weighted by Gasteiger charge is -2.36. The van der Waals surface area contributed by atoms with Crippen LogP contribution in [0.1, 0.15) is 43.0 Å². The number of ether oxygens (including phenoxy) is 2. The van der Waals surface area contributed by atoms with E-state index in [9.17, 15) is 27.2 Å². The Bertz CT molecular complexity index is 1360. The molecule has 3 atom stereocenters. The van der Waals surface area contributed by atoms with Crippen molar-refractivity contribution in [1.29, 1.82) is 0 Å². The van der Waals surface area contributed by atoms with Crippen LogP contribution < -0.4 is 15.4 Å². The molecule has 2 N–H and O–H groups in total. The highest BCUT2D eigenvalue weighted by Gasteiger charge is 2.45. The van der Waals surface area contributed by atoms with Crippen molar-refractivity contribution in [3.8, 4) is 5.75 Å². The van der Waals surface area contributed by atoms with Crippen molar-refractivity contribution in [1.82, 2.24) is 15.6 Å². The number of amides is 2. The number of alkyl halides is 4. The summed E-state index contributed by atoms with van der Waals surface area (Å²) in [4.78, 5) is 30.8. The molecule has 0 aliphatic heterocycles. The van der Waals surface area contributed by atoms with Crippen LogP contribution in [0, 0.1) is 9.49 Å². The lowest BCUT2D eigenvalue weighted by molar-refractivity contribution is -0.253. The smallest absolute Gasteiger partial charge is 0.461 e. The molecule has 1 saturated carbocycles. The predicted octanol–water partition coefficient (Wildman–Crippen LogP) is 6.44. The molecule has 3 aromatic rings. The molecule has 4 rings (SSSR count). The average Bonchev–Trinajstić information content (AvgIpc) is 3.41. The topological polar surface area (TPSA) is 89.5 Å². The Balaban J connectivity index is 1.78. The summed E-state index contributed by atoms with van der Waals surface area (Å²) in [5.41, 5.74) is -0.0559. The molecule has 42 heavy (non-hydrogen) atoms. The van der Waals surface area contributed by atoms with E-state index in [2.05, 4.69) is 42.9 Å². The van der Waals surface area contributed by atoms with Gasteiger partial charge in [0.1, 0.15) is 11.3 Å². The van der Waals surface area contributed by atoms with Crippen LogP contribution in [-0.2, 0) is 21.5 Å². The first-order valence-corrected chi connectivity index (χ1v) is 14.5. The molecule has 2 amide bonds. The second kappa shape index (κ2) is 13.7. The second-order valence-electron chi connectivity index (χ2n) is 9.92. The van der Waals surface area contributed by atoms with E-state index >= 15 is 0 Å². The van der Waals surface area contributed by atoms with E-state index in [1.165, 1.54) is 12.1 Å². The highest BCUT2D eigenvalue weighted by Crippen LogP contribution is 2.37. The third kappa shape index (κ3) is 7.50. The van der Waals surface area contributed by atoms with Crippen molar-refractivity contribution >= 4 is 34.6 Å². The summed E-state index contributed by atoms with van der Waals surface area (Å²) in [6.07, 6.45) is -5.21. The molecule has 0 spiro atoms. The number of carbonyl (C=O) groups excluding carboxylic acids is 2. The number of pyridine rings is 1. The maximum Gasteiger partial charge on any atom is 0.461 e. The fourth-order valence-electron chi connectivity index (χ4n) is 5.14. The zero-order chi connectivity index (χ0) is 30.3. The number of halogens is 5. The fourth-order valence-corrected chi connectivity index (χ4v) is 5.46. The van der Waals surface area contributed by atoms with Gasteiger partial charge in [0.05, 0.1) is 18.2 Å². The van der Waals surface area contributed by atoms with Crippen molar-refractivity contribution in [2.24, 2.45) is 5.92 Å². The molecule has 1 aliphatic carbocycles. The number of benzene rings is 2. The maximum absolute atomic E-state index is 13.9. The third-order valence-electron chi connectivity index (χ3n) is 7.06. The van der Waals surface area contributed by atoms with Crippen molar-refractivity contribution in [2.45, 2.75) is 56.7 Å². The summed E-state index contributed by atoms with van der Waals surface area (Å²) >= 11 is 2.08. The number of nitrogens with one attached hydrogen (secondary N) is 2. The number of nitrogens with zero attached hydrogens (tertiary/aromatic N) is 1. The second-order valence-corrected chi connectivity index (χ2v) is 11.2. The van der Waals surface area contributed by atoms with Crippen LogP contribution in [0.5, 0.6) is 5.75 Å². The Morgan fingerprint density at radius 2 is 1.83 bits per heavy atom. The van der Waals surface area contributed by atoms with Gasteiger partial charge in [-0.3, -0.25) is 9.78 Å². The molecule has 0 saturated heterocycles. The SMILES string of the molecule is CCOC(=O)[C@H]1CCC[C@H]1NC(=O)N[C@@](Cc1ccccc1)(c1cccc(OC(F)(F)C(F)F)c1)c1ccc(I)cn1. The Labute approximate surface area is 254 Å². The molecular weight excluding hydrogens is 669 g/mol. The normalized spacial score (nSPS) is 18.3. The first-order valence-electron chi connectivity index (χ1n) is 13.4. The molecule has 1 heterocycles. The van der Waals surface area contributed by atoms with Gasteiger partial charge in [-0.15, -0.1) is 0 Å². The summed E-state index contributed by atoms with van der Waals surface area (Å²) in [5.74, 6) is -1.41. The van der Waals surface area contributed by atoms with Crippen LogP contribution in [0.4, 0.5) is 22.4 Å². The number of hydrogen-bond acceptors (Lipinski definition) is 5. The zero-order valence-electron chi connectivity index (χ0n) is 22.7. The van der Waals surface area contributed by atoms with Crippen molar-refractivity contribution in [2.75, 3.05) is 6.61 Å². The van der Waals surface area contributed by atoms with Crippen LogP contribution in [-0.4, -0.2) is 42.2 Å². The van der Waals surface area contributed by atoms with Crippen LogP contribution in [0.15, 0.2) is 72.9 Å². The van der Waals surface area contributed by atoms with E-state index in [-0.39, 0.29) is 24.6 Å². The molecule has 1 aromatic heterocycles. The van der Waals surface area contributed by atoms with Crippen LogP contribution in [0.3, 0.4) is 0 Å². The largest absolute Gasteiger partial charge is 0.466 e. The Morgan fingerprint density at radius 3 is 2.50 bits per heavy atom. The van der Waals surface area contributed by atoms with Gasteiger partial charge in [-0.05, 0) is 77.7 Å². The van der Waals surface area contributed by atoms with Gasteiger partial charge in [0.15, 0.2) is 0 Å². The molecule has 0 unspecified atom stereocenters. The van der Waals surface area contributed by atoms with E-state index in [0.29, 0.717) is 18.5 Å². The van der Waals surface area contributed by atoms with Crippen molar-refractivity contribution in [3.63, 3.8) is 0 Å². The number of hydrogen-bond donors (Lipinski definition) is 2. The minimum absolute atomic E-state index is 0.121. The van der Waals surface area contributed by atoms with Gasteiger partial charge in [-0.1, -0.05) is 48.9 Å². The average molecular weight is 699 g/mol. The first-order chi connectivity index (χ1) is 20.0. The third-order valence-corrected chi connectivity index (χ3v) is 7.70. The molecular formula is C30H30F4IN3O4. The van der Waals surface area contributed by atoms with E-state index in [4.69, 9.17) is 4.74 Å². The number of carbonyl (C=O) groups is 2. The molecule has 12 heteroatoms. The predicted molar refractivity (Wildman–Crippen MR) is 155 cm³/mol. The summed E-state index contributed by atoms with van der Waals surface area (Å²) < 4.78 is 64.0. The highest BCUT2D eigenvalue weighted by atomic mass is 127. The van der Waals surface area contributed by atoms with E-state index in [1.54, 1.807) is 31.3 Å².